The molecule has 1 aliphatic rings. The summed E-state index contributed by atoms with van der Waals surface area (Å²) in [6.45, 7) is 6.28. The molecule has 0 radical (unpaired) electrons. The first kappa shape index (κ1) is 22.0. The van der Waals surface area contributed by atoms with Gasteiger partial charge in [-0.3, -0.25) is 9.59 Å². The number of carbonyl (C=O) groups excluding carboxylic acids is 3. The summed E-state index contributed by atoms with van der Waals surface area (Å²) < 4.78 is 5.12. The zero-order valence-corrected chi connectivity index (χ0v) is 17.3. The molecule has 28 heavy (non-hydrogen) atoms. The number of nitrogens with one attached hydrogen (secondary N) is 2. The van der Waals surface area contributed by atoms with Crippen LogP contribution >= 0.6 is 11.6 Å². The topological polar surface area (TPSA) is 87.7 Å². The molecule has 0 atom stereocenters. The van der Waals surface area contributed by atoms with Crippen LogP contribution in [-0.4, -0.2) is 54.1 Å². The predicted octanol–water partition coefficient (Wildman–Crippen LogP) is 2.51. The first-order valence-electron chi connectivity index (χ1n) is 9.41. The van der Waals surface area contributed by atoms with E-state index in [2.05, 4.69) is 10.6 Å². The fraction of sp³-hybridized carbons (Fsp3) is 0.550. The minimum absolute atomic E-state index is 0.0429. The molecule has 0 unspecified atom stereocenters. The van der Waals surface area contributed by atoms with Crippen LogP contribution in [0.5, 0.6) is 0 Å². The molecule has 0 saturated carbocycles. The number of ether oxygens (including phenoxy) is 1. The highest BCUT2D eigenvalue weighted by Gasteiger charge is 2.24. The molecule has 1 heterocycles. The third kappa shape index (κ3) is 7.76. The lowest BCUT2D eigenvalue weighted by molar-refractivity contribution is -0.131. The van der Waals surface area contributed by atoms with Crippen molar-refractivity contribution in [3.05, 3.63) is 34.9 Å². The number of hydrogen-bond donors (Lipinski definition) is 2. The van der Waals surface area contributed by atoms with Crippen molar-refractivity contribution >= 4 is 29.5 Å². The first-order valence-corrected chi connectivity index (χ1v) is 9.78. The molecule has 3 amide bonds. The highest BCUT2D eigenvalue weighted by molar-refractivity contribution is 6.30. The van der Waals surface area contributed by atoms with Gasteiger partial charge in [-0.25, -0.2) is 4.79 Å². The Balaban J connectivity index is 1.68. The SMILES string of the molecule is CC(C)(C)OC(=O)NCC(=O)N1CCC(NC(=O)Cc2ccc(Cl)cc2)CC1. The average molecular weight is 410 g/mol. The van der Waals surface area contributed by atoms with E-state index in [-0.39, 0.29) is 24.4 Å². The van der Waals surface area contributed by atoms with Crippen molar-refractivity contribution < 1.29 is 19.1 Å². The maximum absolute atomic E-state index is 12.2. The van der Waals surface area contributed by atoms with Crippen LogP contribution in [0.15, 0.2) is 24.3 Å². The summed E-state index contributed by atoms with van der Waals surface area (Å²) >= 11 is 5.85. The smallest absolute Gasteiger partial charge is 0.408 e. The van der Waals surface area contributed by atoms with Gasteiger partial charge in [0.1, 0.15) is 12.1 Å². The molecular weight excluding hydrogens is 382 g/mol. The second-order valence-electron chi connectivity index (χ2n) is 7.88. The van der Waals surface area contributed by atoms with Crippen LogP contribution in [0.3, 0.4) is 0 Å². The summed E-state index contributed by atoms with van der Waals surface area (Å²) in [7, 11) is 0. The predicted molar refractivity (Wildman–Crippen MR) is 107 cm³/mol. The van der Waals surface area contributed by atoms with Crippen LogP contribution < -0.4 is 10.6 Å². The Morgan fingerprint density at radius 2 is 1.75 bits per heavy atom. The number of likely N-dealkylation sites (tertiary alicyclic amines) is 1. The third-order valence-electron chi connectivity index (χ3n) is 4.27. The molecule has 1 saturated heterocycles. The van der Waals surface area contributed by atoms with Crippen LogP contribution in [0, 0.1) is 0 Å². The van der Waals surface area contributed by atoms with Gasteiger partial charge in [0.05, 0.1) is 6.42 Å². The fourth-order valence-corrected chi connectivity index (χ4v) is 3.04. The van der Waals surface area contributed by atoms with Gasteiger partial charge < -0.3 is 20.3 Å². The van der Waals surface area contributed by atoms with Crippen molar-refractivity contribution in [2.75, 3.05) is 19.6 Å². The standard InChI is InChI=1S/C20H28ClN3O4/c1-20(2,3)28-19(27)22-13-18(26)24-10-8-16(9-11-24)23-17(25)12-14-4-6-15(21)7-5-14/h4-7,16H,8-13H2,1-3H3,(H,22,27)(H,23,25). The minimum Gasteiger partial charge on any atom is -0.444 e. The largest absolute Gasteiger partial charge is 0.444 e. The molecule has 0 aromatic heterocycles. The molecule has 2 rings (SSSR count). The molecular formula is C20H28ClN3O4. The van der Waals surface area contributed by atoms with E-state index < -0.39 is 11.7 Å². The number of nitrogens with zero attached hydrogens (tertiary/aromatic N) is 1. The van der Waals surface area contributed by atoms with E-state index >= 15 is 0 Å². The number of benzene rings is 1. The van der Waals surface area contributed by atoms with E-state index in [1.54, 1.807) is 37.8 Å². The summed E-state index contributed by atoms with van der Waals surface area (Å²) in [5.74, 6) is -0.199. The van der Waals surface area contributed by atoms with Crippen molar-refractivity contribution in [3.63, 3.8) is 0 Å². The lowest BCUT2D eigenvalue weighted by atomic mass is 10.0. The quantitative estimate of drug-likeness (QED) is 0.782. The van der Waals surface area contributed by atoms with Crippen LogP contribution in [0.4, 0.5) is 4.79 Å². The second-order valence-corrected chi connectivity index (χ2v) is 8.32. The summed E-state index contributed by atoms with van der Waals surface area (Å²) in [6, 6.07) is 7.24. The highest BCUT2D eigenvalue weighted by Crippen LogP contribution is 2.13. The minimum atomic E-state index is -0.606. The zero-order valence-electron chi connectivity index (χ0n) is 16.6. The zero-order chi connectivity index (χ0) is 20.7. The van der Waals surface area contributed by atoms with E-state index in [9.17, 15) is 14.4 Å². The molecule has 7 nitrogen and oxygen atoms in total. The van der Waals surface area contributed by atoms with Crippen molar-refractivity contribution in [2.24, 2.45) is 0 Å². The Hall–Kier alpha value is -2.28. The summed E-state index contributed by atoms with van der Waals surface area (Å²) in [6.07, 6.45) is 1.07. The Kier molecular flexibility index (Phi) is 7.69. The van der Waals surface area contributed by atoms with Crippen LogP contribution in [-0.2, 0) is 20.7 Å². The Morgan fingerprint density at radius 1 is 1.14 bits per heavy atom. The van der Waals surface area contributed by atoms with Gasteiger partial charge in [0.25, 0.3) is 0 Å². The van der Waals surface area contributed by atoms with Gasteiger partial charge in [0, 0.05) is 24.2 Å². The molecule has 1 aromatic carbocycles. The van der Waals surface area contributed by atoms with Gasteiger partial charge in [-0.1, -0.05) is 23.7 Å². The van der Waals surface area contributed by atoms with Crippen LogP contribution in [0.1, 0.15) is 39.2 Å². The first-order chi connectivity index (χ1) is 13.1. The monoisotopic (exact) mass is 409 g/mol. The van der Waals surface area contributed by atoms with Crippen molar-refractivity contribution in [1.29, 1.82) is 0 Å². The lowest BCUT2D eigenvalue weighted by Crippen LogP contribution is -2.49. The van der Waals surface area contributed by atoms with E-state index in [1.165, 1.54) is 0 Å². The Labute approximate surface area is 170 Å². The molecule has 154 valence electrons. The summed E-state index contributed by atoms with van der Waals surface area (Å²) in [4.78, 5) is 37.7. The lowest BCUT2D eigenvalue weighted by Gasteiger charge is -2.32. The van der Waals surface area contributed by atoms with Crippen molar-refractivity contribution in [2.45, 2.75) is 51.7 Å². The molecule has 0 spiro atoms. The number of carbonyl (C=O) groups is 3. The van der Waals surface area contributed by atoms with Crippen molar-refractivity contribution in [1.82, 2.24) is 15.5 Å². The van der Waals surface area contributed by atoms with E-state index in [4.69, 9.17) is 16.3 Å². The second kappa shape index (κ2) is 9.78. The highest BCUT2D eigenvalue weighted by atomic mass is 35.5. The van der Waals surface area contributed by atoms with Gasteiger partial charge in [-0.2, -0.15) is 0 Å². The van der Waals surface area contributed by atoms with E-state index in [0.29, 0.717) is 37.4 Å². The third-order valence-corrected chi connectivity index (χ3v) is 4.53. The van der Waals surface area contributed by atoms with Crippen LogP contribution in [0.2, 0.25) is 5.02 Å². The Morgan fingerprint density at radius 3 is 2.32 bits per heavy atom. The number of piperidine rings is 1. The maximum atomic E-state index is 12.2. The van der Waals surface area contributed by atoms with Crippen molar-refractivity contribution in [3.8, 4) is 0 Å². The molecule has 2 N–H and O–H groups in total. The molecule has 8 heteroatoms. The molecule has 0 aliphatic carbocycles. The number of rotatable bonds is 5. The molecule has 1 aromatic rings. The summed E-state index contributed by atoms with van der Waals surface area (Å²) in [5, 5.41) is 6.14. The van der Waals surface area contributed by atoms with E-state index in [1.807, 2.05) is 12.1 Å². The number of halogens is 1. The average Bonchev–Trinajstić information content (AvgIpc) is 2.61. The summed E-state index contributed by atoms with van der Waals surface area (Å²) in [5.41, 5.74) is 0.304. The number of amides is 3. The normalized spacial score (nSPS) is 15.1. The fourth-order valence-electron chi connectivity index (χ4n) is 2.91. The van der Waals surface area contributed by atoms with Crippen LogP contribution in [0.25, 0.3) is 0 Å². The molecule has 1 aliphatic heterocycles. The molecule has 1 fully saturated rings. The number of alkyl carbamates (subject to hydrolysis) is 1. The molecule has 0 bridgehead atoms. The van der Waals surface area contributed by atoms with E-state index in [0.717, 1.165) is 5.56 Å². The van der Waals surface area contributed by atoms with Gasteiger partial charge in [-0.05, 0) is 51.3 Å². The van der Waals surface area contributed by atoms with Gasteiger partial charge in [0.2, 0.25) is 11.8 Å². The van der Waals surface area contributed by atoms with Gasteiger partial charge in [-0.15, -0.1) is 0 Å². The Bertz CT molecular complexity index is 692. The van der Waals surface area contributed by atoms with Gasteiger partial charge in [0.15, 0.2) is 0 Å². The van der Waals surface area contributed by atoms with Gasteiger partial charge >= 0.3 is 6.09 Å². The number of hydrogen-bond acceptors (Lipinski definition) is 4. The maximum Gasteiger partial charge on any atom is 0.408 e.